The van der Waals surface area contributed by atoms with Crippen LogP contribution < -0.4 is 0 Å². The Labute approximate surface area is 120 Å². The first-order chi connectivity index (χ1) is 9.04. The molecular formula is C13H6BrClF2N2. The van der Waals surface area contributed by atoms with E-state index in [1.54, 1.807) is 18.2 Å². The number of halogens is 4. The molecule has 0 aliphatic rings. The number of H-pyrrole nitrogens is 1. The number of hydrogen-bond donors (Lipinski definition) is 1. The van der Waals surface area contributed by atoms with Gasteiger partial charge < -0.3 is 4.98 Å². The molecule has 2 aromatic carbocycles. The molecule has 0 bridgehead atoms. The summed E-state index contributed by atoms with van der Waals surface area (Å²) in [6.07, 6.45) is 0. The number of fused-ring (bicyclic) bond motifs is 1. The predicted octanol–water partition coefficient (Wildman–Crippen LogP) is 4.92. The monoisotopic (exact) mass is 342 g/mol. The van der Waals surface area contributed by atoms with Gasteiger partial charge in [-0.25, -0.2) is 13.8 Å². The van der Waals surface area contributed by atoms with Crippen LogP contribution >= 0.6 is 27.5 Å². The molecule has 0 saturated heterocycles. The first-order valence-corrected chi connectivity index (χ1v) is 6.52. The lowest BCUT2D eigenvalue weighted by atomic mass is 10.2. The lowest BCUT2D eigenvalue weighted by Crippen LogP contribution is -1.92. The fraction of sp³-hybridized carbons (Fsp3) is 0. The summed E-state index contributed by atoms with van der Waals surface area (Å²) < 4.78 is 28.0. The normalized spacial score (nSPS) is 11.2. The molecule has 1 heterocycles. The smallest absolute Gasteiger partial charge is 0.144 e. The molecular weight excluding hydrogens is 338 g/mol. The zero-order valence-electron chi connectivity index (χ0n) is 9.35. The number of aromatic amines is 1. The molecule has 0 atom stereocenters. The van der Waals surface area contributed by atoms with Crippen molar-refractivity contribution in [3.63, 3.8) is 0 Å². The Morgan fingerprint density at radius 2 is 1.79 bits per heavy atom. The lowest BCUT2D eigenvalue weighted by Gasteiger charge is -2.02. The largest absolute Gasteiger partial charge is 0.338 e. The molecule has 3 rings (SSSR count). The Balaban J connectivity index is 2.24. The summed E-state index contributed by atoms with van der Waals surface area (Å²) in [5, 5.41) is 0.527. The van der Waals surface area contributed by atoms with Crippen LogP contribution in [0.25, 0.3) is 22.4 Å². The van der Waals surface area contributed by atoms with Crippen LogP contribution in [0.3, 0.4) is 0 Å². The lowest BCUT2D eigenvalue weighted by molar-refractivity contribution is 0.586. The Morgan fingerprint density at radius 1 is 1.11 bits per heavy atom. The van der Waals surface area contributed by atoms with Crippen molar-refractivity contribution in [2.45, 2.75) is 0 Å². The minimum Gasteiger partial charge on any atom is -0.338 e. The maximum absolute atomic E-state index is 13.8. The van der Waals surface area contributed by atoms with Gasteiger partial charge in [0.2, 0.25) is 0 Å². The second kappa shape index (κ2) is 4.58. The molecule has 0 spiro atoms. The van der Waals surface area contributed by atoms with Crippen molar-refractivity contribution < 1.29 is 8.78 Å². The Bertz CT molecular complexity index is 762. The van der Waals surface area contributed by atoms with Crippen LogP contribution in [0.5, 0.6) is 0 Å². The third kappa shape index (κ3) is 2.24. The number of benzene rings is 2. The molecule has 6 heteroatoms. The van der Waals surface area contributed by atoms with Crippen LogP contribution in [0.4, 0.5) is 8.78 Å². The fourth-order valence-electron chi connectivity index (χ4n) is 1.87. The molecule has 1 aromatic heterocycles. The van der Waals surface area contributed by atoms with E-state index in [1.807, 2.05) is 0 Å². The van der Waals surface area contributed by atoms with E-state index in [0.717, 1.165) is 0 Å². The predicted molar refractivity (Wildman–Crippen MR) is 74.2 cm³/mol. The van der Waals surface area contributed by atoms with Gasteiger partial charge in [0.05, 0.1) is 16.6 Å². The highest BCUT2D eigenvalue weighted by atomic mass is 79.9. The van der Waals surface area contributed by atoms with Crippen LogP contribution in [0.2, 0.25) is 5.02 Å². The highest BCUT2D eigenvalue weighted by Gasteiger charge is 2.16. The third-order valence-corrected chi connectivity index (χ3v) is 3.38. The van der Waals surface area contributed by atoms with Crippen molar-refractivity contribution in [2.75, 3.05) is 0 Å². The van der Waals surface area contributed by atoms with Crippen molar-refractivity contribution in [2.24, 2.45) is 0 Å². The second-order valence-corrected chi connectivity index (χ2v) is 5.34. The summed E-state index contributed by atoms with van der Waals surface area (Å²) in [4.78, 5) is 7.03. The molecule has 1 N–H and O–H groups in total. The van der Waals surface area contributed by atoms with Crippen LogP contribution in [0.1, 0.15) is 0 Å². The van der Waals surface area contributed by atoms with E-state index in [0.29, 0.717) is 20.5 Å². The van der Waals surface area contributed by atoms with Crippen molar-refractivity contribution in [1.82, 2.24) is 9.97 Å². The Kier molecular flexibility index (Phi) is 3.03. The Morgan fingerprint density at radius 3 is 2.47 bits per heavy atom. The van der Waals surface area contributed by atoms with E-state index in [2.05, 4.69) is 25.9 Å². The molecule has 0 radical (unpaired) electrons. The van der Waals surface area contributed by atoms with E-state index in [9.17, 15) is 8.78 Å². The number of aromatic nitrogens is 2. The van der Waals surface area contributed by atoms with E-state index in [4.69, 9.17) is 11.6 Å². The van der Waals surface area contributed by atoms with Crippen LogP contribution in [-0.4, -0.2) is 9.97 Å². The first kappa shape index (κ1) is 12.6. The minimum atomic E-state index is -0.683. The highest BCUT2D eigenvalue weighted by Crippen LogP contribution is 2.29. The van der Waals surface area contributed by atoms with E-state index >= 15 is 0 Å². The average Bonchev–Trinajstić information content (AvgIpc) is 2.69. The van der Waals surface area contributed by atoms with Gasteiger partial charge in [-0.3, -0.25) is 0 Å². The van der Waals surface area contributed by atoms with Gasteiger partial charge in [-0.15, -0.1) is 0 Å². The molecule has 2 nitrogen and oxygen atoms in total. The van der Waals surface area contributed by atoms with Gasteiger partial charge in [-0.2, -0.15) is 0 Å². The van der Waals surface area contributed by atoms with Gasteiger partial charge in [0.15, 0.2) is 0 Å². The molecule has 0 aliphatic heterocycles. The highest BCUT2D eigenvalue weighted by molar-refractivity contribution is 9.10. The number of nitrogens with zero attached hydrogens (tertiary/aromatic N) is 1. The molecule has 0 amide bonds. The zero-order chi connectivity index (χ0) is 13.6. The third-order valence-electron chi connectivity index (χ3n) is 2.69. The quantitative estimate of drug-likeness (QED) is 0.667. The minimum absolute atomic E-state index is 0.139. The zero-order valence-corrected chi connectivity index (χ0v) is 11.7. The van der Waals surface area contributed by atoms with E-state index in [1.165, 1.54) is 12.1 Å². The van der Waals surface area contributed by atoms with Gasteiger partial charge in [-0.1, -0.05) is 27.5 Å². The van der Waals surface area contributed by atoms with Crippen molar-refractivity contribution >= 4 is 38.6 Å². The maximum atomic E-state index is 13.8. The second-order valence-electron chi connectivity index (χ2n) is 3.99. The Hall–Kier alpha value is -1.46. The van der Waals surface area contributed by atoms with Crippen molar-refractivity contribution in [1.29, 1.82) is 0 Å². The number of nitrogens with one attached hydrogen (secondary N) is 1. The van der Waals surface area contributed by atoms with E-state index in [-0.39, 0.29) is 11.4 Å². The molecule has 0 aliphatic carbocycles. The van der Waals surface area contributed by atoms with Crippen LogP contribution in [0.15, 0.2) is 34.8 Å². The van der Waals surface area contributed by atoms with Crippen LogP contribution in [0, 0.1) is 11.6 Å². The van der Waals surface area contributed by atoms with Gasteiger partial charge in [0, 0.05) is 9.50 Å². The van der Waals surface area contributed by atoms with Crippen molar-refractivity contribution in [3.8, 4) is 11.4 Å². The summed E-state index contributed by atoms with van der Waals surface area (Å²) >= 11 is 8.89. The summed E-state index contributed by atoms with van der Waals surface area (Å²) in [5.74, 6) is -1.23. The molecule has 0 saturated carbocycles. The number of rotatable bonds is 1. The number of hydrogen-bond acceptors (Lipinski definition) is 1. The van der Waals surface area contributed by atoms with Crippen molar-refractivity contribution in [3.05, 3.63) is 51.5 Å². The standard InChI is InChI=1S/C13H6BrClF2N2/c14-6-3-8(16)12(9(17)4-6)13-18-10-2-1-7(15)5-11(10)19-13/h1-5H,(H,18,19). The molecule has 0 unspecified atom stereocenters. The van der Waals surface area contributed by atoms with Crippen LogP contribution in [-0.2, 0) is 0 Å². The molecule has 96 valence electrons. The van der Waals surface area contributed by atoms with Gasteiger partial charge in [0.25, 0.3) is 0 Å². The topological polar surface area (TPSA) is 28.7 Å². The summed E-state index contributed by atoms with van der Waals surface area (Å²) in [6, 6.07) is 7.40. The first-order valence-electron chi connectivity index (χ1n) is 5.35. The van der Waals surface area contributed by atoms with Gasteiger partial charge in [0.1, 0.15) is 17.5 Å². The van der Waals surface area contributed by atoms with Gasteiger partial charge in [-0.05, 0) is 30.3 Å². The summed E-state index contributed by atoms with van der Waals surface area (Å²) in [6.45, 7) is 0. The number of imidazole rings is 1. The van der Waals surface area contributed by atoms with Gasteiger partial charge >= 0.3 is 0 Å². The fourth-order valence-corrected chi connectivity index (χ4v) is 2.44. The summed E-state index contributed by atoms with van der Waals surface area (Å²) in [7, 11) is 0. The maximum Gasteiger partial charge on any atom is 0.144 e. The average molecular weight is 344 g/mol. The SMILES string of the molecule is Fc1cc(Br)cc(F)c1-c1nc2ccc(Cl)cc2[nH]1. The summed E-state index contributed by atoms with van der Waals surface area (Å²) in [5.41, 5.74) is 1.04. The molecule has 19 heavy (non-hydrogen) atoms. The molecule has 0 fully saturated rings. The van der Waals surface area contributed by atoms with E-state index < -0.39 is 11.6 Å². The molecule has 3 aromatic rings.